The molecule has 0 spiro atoms. The number of aryl methyl sites for hydroxylation is 1. The fourth-order valence-corrected chi connectivity index (χ4v) is 2.14. The van der Waals surface area contributed by atoms with Crippen molar-refractivity contribution in [2.45, 2.75) is 25.6 Å². The van der Waals surface area contributed by atoms with Crippen LogP contribution < -0.4 is 4.74 Å². The van der Waals surface area contributed by atoms with Crippen molar-refractivity contribution < 1.29 is 27.8 Å². The van der Waals surface area contributed by atoms with E-state index < -0.39 is 18.2 Å². The summed E-state index contributed by atoms with van der Waals surface area (Å²) < 4.78 is 39.9. The Bertz CT molecular complexity index is 468. The van der Waals surface area contributed by atoms with Gasteiger partial charge in [-0.15, -0.1) is 13.2 Å². The van der Waals surface area contributed by atoms with Crippen molar-refractivity contribution in [2.75, 3.05) is 0 Å². The summed E-state index contributed by atoms with van der Waals surface area (Å²) in [5, 5.41) is 8.90. The van der Waals surface area contributed by atoms with E-state index in [1.807, 2.05) is 0 Å². The molecule has 0 bridgehead atoms. The Morgan fingerprint density at radius 1 is 1.33 bits per heavy atom. The lowest BCUT2D eigenvalue weighted by molar-refractivity contribution is -0.274. The molecular weight excluding hydrogens is 249 g/mol. The van der Waals surface area contributed by atoms with Crippen molar-refractivity contribution in [1.82, 2.24) is 0 Å². The highest BCUT2D eigenvalue weighted by atomic mass is 19.4. The SMILES string of the molecule is O=C(O)C1CCc2cc(OC(F)(F)F)ccc2C1. The summed E-state index contributed by atoms with van der Waals surface area (Å²) in [6.45, 7) is 0. The van der Waals surface area contributed by atoms with Gasteiger partial charge in [-0.1, -0.05) is 6.07 Å². The second-order valence-corrected chi connectivity index (χ2v) is 4.26. The van der Waals surface area contributed by atoms with Crippen molar-refractivity contribution >= 4 is 5.97 Å². The molecule has 0 fully saturated rings. The lowest BCUT2D eigenvalue weighted by atomic mass is 9.84. The van der Waals surface area contributed by atoms with E-state index in [1.165, 1.54) is 18.2 Å². The second kappa shape index (κ2) is 4.51. The molecule has 0 aliphatic heterocycles. The number of halogens is 3. The summed E-state index contributed by atoms with van der Waals surface area (Å²) >= 11 is 0. The lowest BCUT2D eigenvalue weighted by Crippen LogP contribution is -2.22. The monoisotopic (exact) mass is 260 g/mol. The maximum Gasteiger partial charge on any atom is 0.573 e. The maximum absolute atomic E-state index is 12.0. The van der Waals surface area contributed by atoms with E-state index in [9.17, 15) is 18.0 Å². The minimum absolute atomic E-state index is 0.255. The van der Waals surface area contributed by atoms with E-state index in [1.54, 1.807) is 0 Å². The minimum atomic E-state index is -4.70. The van der Waals surface area contributed by atoms with Crippen LogP contribution in [0.5, 0.6) is 5.75 Å². The number of ether oxygens (including phenoxy) is 1. The molecule has 0 saturated heterocycles. The highest BCUT2D eigenvalue weighted by Gasteiger charge is 2.32. The first-order chi connectivity index (χ1) is 8.35. The molecule has 0 saturated carbocycles. The third kappa shape index (κ3) is 2.94. The van der Waals surface area contributed by atoms with Gasteiger partial charge in [-0.2, -0.15) is 0 Å². The molecule has 1 aliphatic rings. The molecule has 6 heteroatoms. The number of carboxylic acids is 1. The third-order valence-electron chi connectivity index (χ3n) is 2.99. The summed E-state index contributed by atoms with van der Waals surface area (Å²) in [7, 11) is 0. The smallest absolute Gasteiger partial charge is 0.481 e. The molecule has 98 valence electrons. The van der Waals surface area contributed by atoms with Crippen molar-refractivity contribution in [3.63, 3.8) is 0 Å². The standard InChI is InChI=1S/C12H11F3O3/c13-12(14,15)18-10-4-3-7-5-9(11(16)17)2-1-8(7)6-10/h3-4,6,9H,1-2,5H2,(H,16,17). The topological polar surface area (TPSA) is 46.5 Å². The zero-order valence-electron chi connectivity index (χ0n) is 9.33. The van der Waals surface area contributed by atoms with E-state index in [2.05, 4.69) is 4.74 Å². The number of hydrogen-bond acceptors (Lipinski definition) is 2. The number of alkyl halides is 3. The van der Waals surface area contributed by atoms with Gasteiger partial charge < -0.3 is 9.84 Å². The second-order valence-electron chi connectivity index (χ2n) is 4.26. The van der Waals surface area contributed by atoms with E-state index >= 15 is 0 Å². The van der Waals surface area contributed by atoms with Crippen LogP contribution in [0.3, 0.4) is 0 Å². The van der Waals surface area contributed by atoms with E-state index in [-0.39, 0.29) is 5.75 Å². The molecule has 0 heterocycles. The average molecular weight is 260 g/mol. The molecule has 1 N–H and O–H groups in total. The largest absolute Gasteiger partial charge is 0.573 e. The Morgan fingerprint density at radius 3 is 2.67 bits per heavy atom. The normalized spacial score (nSPS) is 19.2. The van der Waals surface area contributed by atoms with Crippen molar-refractivity contribution in [3.8, 4) is 5.75 Å². The van der Waals surface area contributed by atoms with Crippen LogP contribution in [0.1, 0.15) is 17.5 Å². The average Bonchev–Trinajstić information content (AvgIpc) is 2.26. The van der Waals surface area contributed by atoms with Crippen LogP contribution in [0.15, 0.2) is 18.2 Å². The summed E-state index contributed by atoms with van der Waals surface area (Å²) in [6, 6.07) is 4.06. The highest BCUT2D eigenvalue weighted by Crippen LogP contribution is 2.30. The molecule has 1 aromatic carbocycles. The Morgan fingerprint density at radius 2 is 2.06 bits per heavy atom. The minimum Gasteiger partial charge on any atom is -0.481 e. The van der Waals surface area contributed by atoms with Crippen LogP contribution in [0, 0.1) is 5.92 Å². The summed E-state index contributed by atoms with van der Waals surface area (Å²) in [5.41, 5.74) is 1.51. The number of rotatable bonds is 2. The third-order valence-corrected chi connectivity index (χ3v) is 2.99. The predicted octanol–water partition coefficient (Wildman–Crippen LogP) is 2.77. The fraction of sp³-hybridized carbons (Fsp3) is 0.417. The molecule has 3 nitrogen and oxygen atoms in total. The zero-order valence-corrected chi connectivity index (χ0v) is 9.33. The molecule has 1 unspecified atom stereocenters. The predicted molar refractivity (Wildman–Crippen MR) is 56.3 cm³/mol. The summed E-state index contributed by atoms with van der Waals surface area (Å²) in [6.07, 6.45) is -3.44. The van der Waals surface area contributed by atoms with Gasteiger partial charge in [0, 0.05) is 0 Å². The van der Waals surface area contributed by atoms with Gasteiger partial charge in [0.25, 0.3) is 0 Å². The quantitative estimate of drug-likeness (QED) is 0.889. The molecule has 1 atom stereocenters. The summed E-state index contributed by atoms with van der Waals surface area (Å²) in [4.78, 5) is 10.8. The Hall–Kier alpha value is -1.72. The first-order valence-corrected chi connectivity index (χ1v) is 5.45. The molecule has 0 aromatic heterocycles. The van der Waals surface area contributed by atoms with Gasteiger partial charge in [-0.05, 0) is 42.5 Å². The molecule has 1 aromatic rings. The number of aliphatic carboxylic acids is 1. The van der Waals surface area contributed by atoms with Crippen molar-refractivity contribution in [2.24, 2.45) is 5.92 Å². The maximum atomic E-state index is 12.0. The van der Waals surface area contributed by atoms with Crippen LogP contribution >= 0.6 is 0 Å². The first-order valence-electron chi connectivity index (χ1n) is 5.45. The van der Waals surface area contributed by atoms with E-state index in [4.69, 9.17) is 5.11 Å². The summed E-state index contributed by atoms with van der Waals surface area (Å²) in [5.74, 6) is -1.57. The van der Waals surface area contributed by atoms with Crippen LogP contribution in [0.25, 0.3) is 0 Å². The number of carboxylic acid groups (broad SMARTS) is 1. The van der Waals surface area contributed by atoms with E-state index in [0.29, 0.717) is 19.3 Å². The number of carbonyl (C=O) groups is 1. The van der Waals surface area contributed by atoms with Gasteiger partial charge in [0.2, 0.25) is 0 Å². The van der Waals surface area contributed by atoms with Crippen molar-refractivity contribution in [3.05, 3.63) is 29.3 Å². The molecule has 2 rings (SSSR count). The molecule has 0 amide bonds. The Balaban J connectivity index is 2.17. The Labute approximate surface area is 101 Å². The van der Waals surface area contributed by atoms with Crippen LogP contribution in [0.4, 0.5) is 13.2 Å². The molecular formula is C12H11F3O3. The van der Waals surface area contributed by atoms with Gasteiger partial charge >= 0.3 is 12.3 Å². The van der Waals surface area contributed by atoms with Gasteiger partial charge in [0.15, 0.2) is 0 Å². The van der Waals surface area contributed by atoms with Gasteiger partial charge in [-0.25, -0.2) is 0 Å². The lowest BCUT2D eigenvalue weighted by Gasteiger charge is -2.22. The number of hydrogen-bond donors (Lipinski definition) is 1. The Kier molecular flexibility index (Phi) is 3.19. The molecule has 0 radical (unpaired) electrons. The first kappa shape index (κ1) is 12.7. The van der Waals surface area contributed by atoms with E-state index in [0.717, 1.165) is 11.1 Å². The van der Waals surface area contributed by atoms with Gasteiger partial charge in [-0.3, -0.25) is 4.79 Å². The van der Waals surface area contributed by atoms with Crippen LogP contribution in [-0.4, -0.2) is 17.4 Å². The highest BCUT2D eigenvalue weighted by molar-refractivity contribution is 5.71. The zero-order chi connectivity index (χ0) is 13.3. The van der Waals surface area contributed by atoms with Crippen LogP contribution in [-0.2, 0) is 17.6 Å². The fourth-order valence-electron chi connectivity index (χ4n) is 2.14. The molecule has 1 aliphatic carbocycles. The van der Waals surface area contributed by atoms with Gasteiger partial charge in [0.1, 0.15) is 5.75 Å². The van der Waals surface area contributed by atoms with Crippen LogP contribution in [0.2, 0.25) is 0 Å². The van der Waals surface area contributed by atoms with Gasteiger partial charge in [0.05, 0.1) is 5.92 Å². The number of benzene rings is 1. The molecule has 18 heavy (non-hydrogen) atoms. The number of fused-ring (bicyclic) bond motifs is 1. The van der Waals surface area contributed by atoms with Crippen molar-refractivity contribution in [1.29, 1.82) is 0 Å².